The molecule has 1 amide bonds. The molecule has 2 rings (SSSR count). The molecule has 1 aliphatic heterocycles. The van der Waals surface area contributed by atoms with Crippen LogP contribution in [0.1, 0.15) is 54.0 Å². The fourth-order valence-corrected chi connectivity index (χ4v) is 4.66. The second-order valence-corrected chi connectivity index (χ2v) is 9.18. The number of amides is 1. The molecular weight excluding hydrogens is 394 g/mol. The molecular formula is C20H31N3O5S. The van der Waals surface area contributed by atoms with Gasteiger partial charge in [-0.3, -0.25) is 4.79 Å². The maximum absolute atomic E-state index is 12.4. The van der Waals surface area contributed by atoms with Gasteiger partial charge in [-0.25, -0.2) is 17.5 Å². The molecule has 1 aromatic rings. The second kappa shape index (κ2) is 9.58. The highest BCUT2D eigenvalue weighted by molar-refractivity contribution is 7.88. The molecule has 0 aromatic carbocycles. The van der Waals surface area contributed by atoms with Gasteiger partial charge in [0.05, 0.1) is 18.4 Å². The number of carbonyl (C=O) groups is 2. The van der Waals surface area contributed by atoms with Crippen molar-refractivity contribution in [1.29, 1.82) is 0 Å². The number of nitrogens with one attached hydrogen (secondary N) is 1. The summed E-state index contributed by atoms with van der Waals surface area (Å²) < 4.78 is 31.8. The number of hydrogen-bond acceptors (Lipinski definition) is 5. The van der Waals surface area contributed by atoms with Gasteiger partial charge in [0.1, 0.15) is 0 Å². The van der Waals surface area contributed by atoms with Crippen molar-refractivity contribution in [2.24, 2.45) is 0 Å². The molecule has 0 saturated carbocycles. The molecule has 0 aliphatic carbocycles. The lowest BCUT2D eigenvalue weighted by Crippen LogP contribution is -2.45. The van der Waals surface area contributed by atoms with E-state index in [0.29, 0.717) is 43.6 Å². The third-order valence-electron chi connectivity index (χ3n) is 5.30. The zero-order valence-electron chi connectivity index (χ0n) is 17.8. The predicted octanol–water partition coefficient (Wildman–Crippen LogP) is 1.85. The molecule has 8 nitrogen and oxygen atoms in total. The number of ether oxygens (including phenoxy) is 1. The first kappa shape index (κ1) is 23.2. The van der Waals surface area contributed by atoms with Crippen molar-refractivity contribution in [1.82, 2.24) is 14.2 Å². The summed E-state index contributed by atoms with van der Waals surface area (Å²) in [5.74, 6) is -0.660. The first-order valence-electron chi connectivity index (χ1n) is 9.90. The number of rotatable bonds is 7. The summed E-state index contributed by atoms with van der Waals surface area (Å²) in [6.45, 7) is 9.34. The Morgan fingerprint density at radius 3 is 2.31 bits per heavy atom. The summed E-state index contributed by atoms with van der Waals surface area (Å²) >= 11 is 0. The van der Waals surface area contributed by atoms with Crippen LogP contribution in [0.25, 0.3) is 6.08 Å². The van der Waals surface area contributed by atoms with Crippen LogP contribution in [-0.4, -0.2) is 61.2 Å². The lowest BCUT2D eigenvalue weighted by Gasteiger charge is -2.30. The summed E-state index contributed by atoms with van der Waals surface area (Å²) in [6.07, 6.45) is 5.42. The molecule has 0 unspecified atom stereocenters. The summed E-state index contributed by atoms with van der Waals surface area (Å²) in [4.78, 5) is 24.8. The minimum atomic E-state index is -3.19. The molecule has 9 heteroatoms. The Hall–Kier alpha value is -2.13. The third-order valence-corrected chi connectivity index (χ3v) is 6.60. The van der Waals surface area contributed by atoms with Crippen LogP contribution in [-0.2, 0) is 26.1 Å². The van der Waals surface area contributed by atoms with E-state index in [2.05, 4.69) is 5.32 Å². The van der Waals surface area contributed by atoms with E-state index in [-0.39, 0.29) is 18.6 Å². The molecule has 0 radical (unpaired) electrons. The summed E-state index contributed by atoms with van der Waals surface area (Å²) in [5.41, 5.74) is 2.89. The Morgan fingerprint density at radius 1 is 1.17 bits per heavy atom. The summed E-state index contributed by atoms with van der Waals surface area (Å²) in [6, 6.07) is -0.0715. The van der Waals surface area contributed by atoms with E-state index >= 15 is 0 Å². The number of hydrogen-bond donors (Lipinski definition) is 1. The first-order valence-corrected chi connectivity index (χ1v) is 11.7. The smallest absolute Gasteiger partial charge is 0.340 e. The van der Waals surface area contributed by atoms with E-state index in [1.165, 1.54) is 16.6 Å². The van der Waals surface area contributed by atoms with Crippen LogP contribution in [0.4, 0.5) is 0 Å². The number of esters is 1. The highest BCUT2D eigenvalue weighted by Crippen LogP contribution is 2.25. The van der Waals surface area contributed by atoms with Crippen LogP contribution in [0.3, 0.4) is 0 Å². The van der Waals surface area contributed by atoms with Crippen molar-refractivity contribution in [3.63, 3.8) is 0 Å². The highest BCUT2D eigenvalue weighted by atomic mass is 32.2. The van der Waals surface area contributed by atoms with Crippen molar-refractivity contribution >= 4 is 28.0 Å². The van der Waals surface area contributed by atoms with Gasteiger partial charge in [0, 0.05) is 48.7 Å². The fourth-order valence-electron chi connectivity index (χ4n) is 3.79. The van der Waals surface area contributed by atoms with Crippen LogP contribution < -0.4 is 5.32 Å². The topological polar surface area (TPSA) is 97.7 Å². The molecule has 1 fully saturated rings. The molecule has 0 bridgehead atoms. The Labute approximate surface area is 173 Å². The second-order valence-electron chi connectivity index (χ2n) is 7.20. The Balaban J connectivity index is 2.11. The Morgan fingerprint density at radius 2 is 1.79 bits per heavy atom. The lowest BCUT2D eigenvalue weighted by molar-refractivity contribution is -0.117. The number of sulfonamides is 1. The maximum atomic E-state index is 12.4. The van der Waals surface area contributed by atoms with Crippen LogP contribution in [0.5, 0.6) is 0 Å². The molecule has 0 atom stereocenters. The SMILES string of the molecule is CCOC(=O)c1c(/C=C/C(=O)NC2CCN(S(C)(=O)=O)CC2)c(C)n(CC)c1C. The van der Waals surface area contributed by atoms with E-state index in [4.69, 9.17) is 4.74 Å². The molecule has 1 aliphatic rings. The fraction of sp³-hybridized carbons (Fsp3) is 0.600. The molecule has 1 saturated heterocycles. The van der Waals surface area contributed by atoms with Crippen molar-refractivity contribution in [2.45, 2.75) is 53.1 Å². The van der Waals surface area contributed by atoms with Crippen molar-refractivity contribution in [3.8, 4) is 0 Å². The minimum Gasteiger partial charge on any atom is -0.462 e. The van der Waals surface area contributed by atoms with Gasteiger partial charge < -0.3 is 14.6 Å². The lowest BCUT2D eigenvalue weighted by atomic mass is 10.1. The largest absolute Gasteiger partial charge is 0.462 e. The van der Waals surface area contributed by atoms with Crippen molar-refractivity contribution < 1.29 is 22.7 Å². The van der Waals surface area contributed by atoms with E-state index in [9.17, 15) is 18.0 Å². The van der Waals surface area contributed by atoms with Crippen LogP contribution in [0, 0.1) is 13.8 Å². The molecule has 0 spiro atoms. The van der Waals surface area contributed by atoms with Gasteiger partial charge in [-0.1, -0.05) is 0 Å². The zero-order chi connectivity index (χ0) is 21.8. The Bertz CT molecular complexity index is 894. The van der Waals surface area contributed by atoms with E-state index < -0.39 is 16.0 Å². The maximum Gasteiger partial charge on any atom is 0.340 e. The monoisotopic (exact) mass is 425 g/mol. The number of piperidine rings is 1. The number of aromatic nitrogens is 1. The first-order chi connectivity index (χ1) is 13.6. The van der Waals surface area contributed by atoms with Crippen LogP contribution in [0.15, 0.2) is 6.08 Å². The highest BCUT2D eigenvalue weighted by Gasteiger charge is 2.26. The van der Waals surface area contributed by atoms with Crippen molar-refractivity contribution in [2.75, 3.05) is 26.0 Å². The standard InChI is InChI=1S/C20H31N3O5S/c1-6-23-14(3)17(19(15(23)4)20(25)28-7-2)8-9-18(24)21-16-10-12-22(13-11-16)29(5,26)27/h8-9,16H,6-7,10-13H2,1-5H3,(H,21,24)/b9-8+. The average Bonchev–Trinajstić information content (AvgIpc) is 2.89. The third kappa shape index (κ3) is 5.48. The zero-order valence-corrected chi connectivity index (χ0v) is 18.6. The molecule has 1 aromatic heterocycles. The predicted molar refractivity (Wildman–Crippen MR) is 112 cm³/mol. The van der Waals surface area contributed by atoms with E-state index in [1.807, 2.05) is 25.3 Å². The number of nitrogens with zero attached hydrogens (tertiary/aromatic N) is 2. The van der Waals surface area contributed by atoms with Gasteiger partial charge in [-0.2, -0.15) is 0 Å². The quantitative estimate of drug-likeness (QED) is 0.531. The normalized spacial score (nSPS) is 16.3. The average molecular weight is 426 g/mol. The molecule has 162 valence electrons. The van der Waals surface area contributed by atoms with Crippen molar-refractivity contribution in [3.05, 3.63) is 28.6 Å². The van der Waals surface area contributed by atoms with E-state index in [0.717, 1.165) is 11.4 Å². The molecule has 2 heterocycles. The van der Waals surface area contributed by atoms with Gasteiger partial charge >= 0.3 is 5.97 Å². The van der Waals surface area contributed by atoms with Gasteiger partial charge in [-0.05, 0) is 46.6 Å². The van der Waals surface area contributed by atoms with Gasteiger partial charge in [-0.15, -0.1) is 0 Å². The number of carbonyl (C=O) groups excluding carboxylic acids is 2. The molecule has 1 N–H and O–H groups in total. The van der Waals surface area contributed by atoms with Gasteiger partial charge in [0.25, 0.3) is 0 Å². The van der Waals surface area contributed by atoms with Crippen LogP contribution in [0.2, 0.25) is 0 Å². The van der Waals surface area contributed by atoms with Crippen LogP contribution >= 0.6 is 0 Å². The summed E-state index contributed by atoms with van der Waals surface area (Å²) in [5, 5.41) is 2.92. The van der Waals surface area contributed by atoms with Gasteiger partial charge in [0.15, 0.2) is 0 Å². The molecule has 29 heavy (non-hydrogen) atoms. The Kier molecular flexibility index (Phi) is 7.65. The van der Waals surface area contributed by atoms with E-state index in [1.54, 1.807) is 13.0 Å². The van der Waals surface area contributed by atoms with Gasteiger partial charge in [0.2, 0.25) is 15.9 Å². The minimum absolute atomic E-state index is 0.0715. The summed E-state index contributed by atoms with van der Waals surface area (Å²) in [7, 11) is -3.19.